The molecular formula is C19H31N5S. The molecule has 3 heterocycles. The van der Waals surface area contributed by atoms with Crippen molar-refractivity contribution in [3.63, 3.8) is 0 Å². The van der Waals surface area contributed by atoms with Gasteiger partial charge in [-0.15, -0.1) is 0 Å². The fourth-order valence-electron chi connectivity index (χ4n) is 3.54. The number of nitrogens with one attached hydrogen (secondary N) is 2. The first-order chi connectivity index (χ1) is 12.2. The number of piperidine rings is 1. The van der Waals surface area contributed by atoms with E-state index in [1.54, 1.807) is 0 Å². The zero-order chi connectivity index (χ0) is 17.5. The Labute approximate surface area is 156 Å². The highest BCUT2D eigenvalue weighted by molar-refractivity contribution is 7.99. The summed E-state index contributed by atoms with van der Waals surface area (Å²) in [4.78, 5) is 11.5. The smallest absolute Gasteiger partial charge is 0.191 e. The van der Waals surface area contributed by atoms with Crippen LogP contribution in [-0.2, 0) is 0 Å². The Bertz CT molecular complexity index is 563. The zero-order valence-corrected chi connectivity index (χ0v) is 16.3. The van der Waals surface area contributed by atoms with Gasteiger partial charge in [-0.05, 0) is 62.2 Å². The SMILES string of the molecule is CN=C(NCC1CCSCC1)NC1CCN(c2cccc(C)n2)CC1. The molecule has 0 aliphatic carbocycles. The first-order valence-corrected chi connectivity index (χ1v) is 10.6. The fourth-order valence-corrected chi connectivity index (χ4v) is 4.74. The molecule has 2 saturated heterocycles. The van der Waals surface area contributed by atoms with Crippen molar-refractivity contribution in [2.24, 2.45) is 10.9 Å². The van der Waals surface area contributed by atoms with Crippen LogP contribution in [0, 0.1) is 12.8 Å². The number of aryl methyl sites for hydroxylation is 1. The Kier molecular flexibility index (Phi) is 6.84. The van der Waals surface area contributed by atoms with E-state index in [-0.39, 0.29) is 0 Å². The Morgan fingerprint density at radius 2 is 2.00 bits per heavy atom. The molecule has 3 rings (SSSR count). The van der Waals surface area contributed by atoms with Gasteiger partial charge in [-0.2, -0.15) is 11.8 Å². The van der Waals surface area contributed by atoms with Crippen LogP contribution < -0.4 is 15.5 Å². The molecule has 0 radical (unpaired) electrons. The summed E-state index contributed by atoms with van der Waals surface area (Å²) in [6, 6.07) is 6.76. The largest absolute Gasteiger partial charge is 0.356 e. The minimum Gasteiger partial charge on any atom is -0.356 e. The van der Waals surface area contributed by atoms with E-state index in [9.17, 15) is 0 Å². The summed E-state index contributed by atoms with van der Waals surface area (Å²) in [5.74, 6) is 5.49. The van der Waals surface area contributed by atoms with Crippen LogP contribution in [0.25, 0.3) is 0 Å². The third-order valence-corrected chi connectivity index (χ3v) is 6.20. The third-order valence-electron chi connectivity index (χ3n) is 5.16. The second kappa shape index (κ2) is 9.32. The van der Waals surface area contributed by atoms with E-state index in [1.807, 2.05) is 7.05 Å². The number of rotatable bonds is 4. The lowest BCUT2D eigenvalue weighted by Crippen LogP contribution is -2.49. The van der Waals surface area contributed by atoms with Gasteiger partial charge in [0.15, 0.2) is 5.96 Å². The first-order valence-electron chi connectivity index (χ1n) is 9.48. The summed E-state index contributed by atoms with van der Waals surface area (Å²) < 4.78 is 0. The lowest BCUT2D eigenvalue weighted by Gasteiger charge is -2.34. The summed E-state index contributed by atoms with van der Waals surface area (Å²) in [6.45, 7) is 5.20. The maximum absolute atomic E-state index is 4.65. The van der Waals surface area contributed by atoms with E-state index in [1.165, 1.54) is 24.3 Å². The van der Waals surface area contributed by atoms with E-state index >= 15 is 0 Å². The minimum absolute atomic E-state index is 0.495. The van der Waals surface area contributed by atoms with Crippen LogP contribution in [0.4, 0.5) is 5.82 Å². The fraction of sp³-hybridized carbons (Fsp3) is 0.684. The van der Waals surface area contributed by atoms with Crippen molar-refractivity contribution in [2.45, 2.75) is 38.6 Å². The van der Waals surface area contributed by atoms with Crippen molar-refractivity contribution < 1.29 is 0 Å². The molecule has 2 N–H and O–H groups in total. The lowest BCUT2D eigenvalue weighted by atomic mass is 10.0. The lowest BCUT2D eigenvalue weighted by molar-refractivity contribution is 0.447. The van der Waals surface area contributed by atoms with E-state index in [0.29, 0.717) is 6.04 Å². The Morgan fingerprint density at radius 3 is 2.68 bits per heavy atom. The van der Waals surface area contributed by atoms with Crippen LogP contribution in [0.1, 0.15) is 31.4 Å². The molecule has 0 spiro atoms. The summed E-state index contributed by atoms with van der Waals surface area (Å²) in [7, 11) is 1.87. The van der Waals surface area contributed by atoms with Gasteiger partial charge in [-0.25, -0.2) is 4.98 Å². The number of thioether (sulfide) groups is 1. The molecule has 6 heteroatoms. The standard InChI is InChI=1S/C19H31N5S/c1-15-4-3-5-18(22-15)24-10-6-17(7-11-24)23-19(20-2)21-14-16-8-12-25-13-9-16/h3-5,16-17H,6-14H2,1-2H3,(H2,20,21,23). The Balaban J connectivity index is 1.42. The van der Waals surface area contributed by atoms with Crippen molar-refractivity contribution in [3.05, 3.63) is 23.9 Å². The molecule has 0 unspecified atom stereocenters. The number of nitrogens with zero attached hydrogens (tertiary/aromatic N) is 3. The molecule has 138 valence electrons. The van der Waals surface area contributed by atoms with Crippen molar-refractivity contribution in [2.75, 3.05) is 43.1 Å². The highest BCUT2D eigenvalue weighted by Gasteiger charge is 2.21. The third kappa shape index (κ3) is 5.53. The number of hydrogen-bond donors (Lipinski definition) is 2. The summed E-state index contributed by atoms with van der Waals surface area (Å²) in [5, 5.41) is 7.16. The molecule has 0 aromatic carbocycles. The molecule has 0 amide bonds. The average molecular weight is 362 g/mol. The number of anilines is 1. The maximum Gasteiger partial charge on any atom is 0.191 e. The molecule has 2 aliphatic rings. The van der Waals surface area contributed by atoms with Crippen LogP contribution in [-0.4, -0.2) is 55.2 Å². The highest BCUT2D eigenvalue weighted by atomic mass is 32.2. The summed E-state index contributed by atoms with van der Waals surface area (Å²) >= 11 is 2.08. The molecular weight excluding hydrogens is 330 g/mol. The van der Waals surface area contributed by atoms with Crippen molar-refractivity contribution in [1.29, 1.82) is 0 Å². The molecule has 5 nitrogen and oxygen atoms in total. The molecule has 2 aliphatic heterocycles. The van der Waals surface area contributed by atoms with Gasteiger partial charge in [0.25, 0.3) is 0 Å². The molecule has 1 aromatic heterocycles. The van der Waals surface area contributed by atoms with Crippen LogP contribution in [0.2, 0.25) is 0 Å². The molecule has 25 heavy (non-hydrogen) atoms. The van der Waals surface area contributed by atoms with Gasteiger partial charge < -0.3 is 15.5 Å². The number of guanidine groups is 1. The average Bonchev–Trinajstić information content (AvgIpc) is 2.66. The van der Waals surface area contributed by atoms with E-state index in [4.69, 9.17) is 0 Å². The zero-order valence-electron chi connectivity index (χ0n) is 15.5. The number of aromatic nitrogens is 1. The number of hydrogen-bond acceptors (Lipinski definition) is 4. The predicted octanol–water partition coefficient (Wildman–Crippen LogP) is 2.67. The summed E-state index contributed by atoms with van der Waals surface area (Å²) in [5.41, 5.74) is 1.09. The highest BCUT2D eigenvalue weighted by Crippen LogP contribution is 2.22. The minimum atomic E-state index is 0.495. The predicted molar refractivity (Wildman–Crippen MR) is 109 cm³/mol. The number of aliphatic imine (C=N–C) groups is 1. The molecule has 0 bridgehead atoms. The van der Waals surface area contributed by atoms with Gasteiger partial charge in [0.1, 0.15) is 5.82 Å². The second-order valence-corrected chi connectivity index (χ2v) is 8.28. The van der Waals surface area contributed by atoms with Crippen molar-refractivity contribution >= 4 is 23.5 Å². The van der Waals surface area contributed by atoms with E-state index in [0.717, 1.165) is 55.9 Å². The van der Waals surface area contributed by atoms with Crippen LogP contribution in [0.15, 0.2) is 23.2 Å². The Morgan fingerprint density at radius 1 is 1.24 bits per heavy atom. The molecule has 0 saturated carbocycles. The second-order valence-electron chi connectivity index (χ2n) is 7.05. The number of pyridine rings is 1. The normalized spacial score (nSPS) is 20.6. The van der Waals surface area contributed by atoms with Crippen molar-refractivity contribution in [1.82, 2.24) is 15.6 Å². The summed E-state index contributed by atoms with van der Waals surface area (Å²) in [6.07, 6.45) is 4.90. The Hall–Kier alpha value is -1.43. The van der Waals surface area contributed by atoms with Crippen LogP contribution in [0.3, 0.4) is 0 Å². The molecule has 0 atom stereocenters. The van der Waals surface area contributed by atoms with Crippen LogP contribution >= 0.6 is 11.8 Å². The van der Waals surface area contributed by atoms with Gasteiger partial charge in [0.2, 0.25) is 0 Å². The monoisotopic (exact) mass is 361 g/mol. The van der Waals surface area contributed by atoms with Gasteiger partial charge in [0, 0.05) is 38.4 Å². The van der Waals surface area contributed by atoms with Crippen LogP contribution in [0.5, 0.6) is 0 Å². The molecule has 2 fully saturated rings. The quantitative estimate of drug-likeness (QED) is 0.638. The van der Waals surface area contributed by atoms with Gasteiger partial charge in [-0.1, -0.05) is 6.07 Å². The maximum atomic E-state index is 4.65. The van der Waals surface area contributed by atoms with Crippen molar-refractivity contribution in [3.8, 4) is 0 Å². The topological polar surface area (TPSA) is 52.6 Å². The first kappa shape index (κ1) is 18.4. The van der Waals surface area contributed by atoms with Gasteiger partial charge in [-0.3, -0.25) is 4.99 Å². The van der Waals surface area contributed by atoms with Gasteiger partial charge >= 0.3 is 0 Å². The van der Waals surface area contributed by atoms with E-state index < -0.39 is 0 Å². The van der Waals surface area contributed by atoms with E-state index in [2.05, 4.69) is 62.4 Å². The molecule has 1 aromatic rings. The van der Waals surface area contributed by atoms with Gasteiger partial charge in [0.05, 0.1) is 0 Å².